The van der Waals surface area contributed by atoms with E-state index in [0.29, 0.717) is 5.75 Å². The molecule has 2 nitrogen and oxygen atoms in total. The van der Waals surface area contributed by atoms with Crippen LogP contribution in [0.1, 0.15) is 15.9 Å². The minimum absolute atomic E-state index is 0.181. The predicted molar refractivity (Wildman–Crippen MR) is 83.1 cm³/mol. The van der Waals surface area contributed by atoms with Crippen molar-refractivity contribution in [2.45, 2.75) is 5.75 Å². The molecule has 3 aromatic rings. The standard InChI is InChI=1S/C17H14O2S/c18-16(14-4-2-1-3-5-14)12-20-11-13-6-7-17-15(10-13)8-9-19-17/h1-10H,11-12H2. The summed E-state index contributed by atoms with van der Waals surface area (Å²) >= 11 is 1.64. The number of Topliss-reactive ketones (excluding diaryl/α,β-unsaturated/α-hetero) is 1. The molecule has 0 radical (unpaired) electrons. The van der Waals surface area contributed by atoms with Crippen LogP contribution in [-0.2, 0) is 5.75 Å². The van der Waals surface area contributed by atoms with E-state index < -0.39 is 0 Å². The summed E-state index contributed by atoms with van der Waals surface area (Å²) in [7, 11) is 0. The number of ketones is 1. The van der Waals surface area contributed by atoms with Crippen LogP contribution in [0.5, 0.6) is 0 Å². The van der Waals surface area contributed by atoms with Crippen molar-refractivity contribution in [2.75, 3.05) is 5.75 Å². The number of benzene rings is 2. The summed E-state index contributed by atoms with van der Waals surface area (Å²) in [6, 6.07) is 17.5. The van der Waals surface area contributed by atoms with Gasteiger partial charge in [-0.3, -0.25) is 4.79 Å². The number of furan rings is 1. The third kappa shape index (κ3) is 2.94. The van der Waals surface area contributed by atoms with Crippen LogP contribution in [0.25, 0.3) is 11.0 Å². The van der Waals surface area contributed by atoms with E-state index in [2.05, 4.69) is 6.07 Å². The fourth-order valence-electron chi connectivity index (χ4n) is 2.07. The van der Waals surface area contributed by atoms with Crippen LogP contribution in [0.2, 0.25) is 0 Å². The van der Waals surface area contributed by atoms with E-state index in [1.54, 1.807) is 18.0 Å². The van der Waals surface area contributed by atoms with Crippen molar-refractivity contribution in [3.63, 3.8) is 0 Å². The van der Waals surface area contributed by atoms with Gasteiger partial charge in [0.15, 0.2) is 5.78 Å². The van der Waals surface area contributed by atoms with Gasteiger partial charge in [-0.1, -0.05) is 36.4 Å². The summed E-state index contributed by atoms with van der Waals surface area (Å²) in [5.41, 5.74) is 2.90. The number of carbonyl (C=O) groups excluding carboxylic acids is 1. The first-order valence-corrected chi connectivity index (χ1v) is 7.60. The Kier molecular flexibility index (Phi) is 3.88. The molecule has 0 bridgehead atoms. The van der Waals surface area contributed by atoms with E-state index in [9.17, 15) is 4.79 Å². The molecule has 0 spiro atoms. The average Bonchev–Trinajstić information content (AvgIpc) is 2.95. The van der Waals surface area contributed by atoms with Crippen molar-refractivity contribution in [1.82, 2.24) is 0 Å². The van der Waals surface area contributed by atoms with Crippen LogP contribution in [-0.4, -0.2) is 11.5 Å². The summed E-state index contributed by atoms with van der Waals surface area (Å²) in [4.78, 5) is 12.0. The maximum absolute atomic E-state index is 12.0. The van der Waals surface area contributed by atoms with Crippen LogP contribution >= 0.6 is 11.8 Å². The van der Waals surface area contributed by atoms with Crippen LogP contribution in [0.4, 0.5) is 0 Å². The largest absolute Gasteiger partial charge is 0.464 e. The number of carbonyl (C=O) groups is 1. The Morgan fingerprint density at radius 3 is 2.75 bits per heavy atom. The van der Waals surface area contributed by atoms with Gasteiger partial charge in [0.1, 0.15) is 5.58 Å². The first-order valence-electron chi connectivity index (χ1n) is 6.45. The zero-order chi connectivity index (χ0) is 13.8. The molecule has 1 heterocycles. The van der Waals surface area contributed by atoms with Gasteiger partial charge < -0.3 is 4.42 Å². The summed E-state index contributed by atoms with van der Waals surface area (Å²) in [6.07, 6.45) is 1.69. The summed E-state index contributed by atoms with van der Waals surface area (Å²) in [6.45, 7) is 0. The molecule has 3 rings (SSSR count). The highest BCUT2D eigenvalue weighted by molar-refractivity contribution is 7.99. The second-order valence-corrected chi connectivity index (χ2v) is 5.56. The molecule has 0 saturated carbocycles. The predicted octanol–water partition coefficient (Wildman–Crippen LogP) is 4.55. The van der Waals surface area contributed by atoms with Gasteiger partial charge >= 0.3 is 0 Å². The zero-order valence-electron chi connectivity index (χ0n) is 10.9. The first-order chi connectivity index (χ1) is 9.83. The van der Waals surface area contributed by atoms with E-state index in [-0.39, 0.29) is 5.78 Å². The van der Waals surface area contributed by atoms with E-state index in [4.69, 9.17) is 4.42 Å². The average molecular weight is 282 g/mol. The number of hydrogen-bond donors (Lipinski definition) is 0. The van der Waals surface area contributed by atoms with Crippen molar-refractivity contribution in [2.24, 2.45) is 0 Å². The minimum atomic E-state index is 0.181. The second kappa shape index (κ2) is 5.97. The Morgan fingerprint density at radius 2 is 1.90 bits per heavy atom. The Bertz CT molecular complexity index is 716. The van der Waals surface area contributed by atoms with Crippen LogP contribution < -0.4 is 0 Å². The topological polar surface area (TPSA) is 30.2 Å². The molecule has 0 amide bonds. The molecule has 0 N–H and O–H groups in total. The van der Waals surface area contributed by atoms with Crippen LogP contribution in [0.3, 0.4) is 0 Å². The highest BCUT2D eigenvalue weighted by atomic mass is 32.2. The molecule has 0 fully saturated rings. The third-order valence-corrected chi connectivity index (χ3v) is 4.12. The van der Waals surface area contributed by atoms with Crippen molar-refractivity contribution in [3.8, 4) is 0 Å². The molecular formula is C17H14O2S. The Balaban J connectivity index is 1.58. The SMILES string of the molecule is O=C(CSCc1ccc2occc2c1)c1ccccc1. The summed E-state index contributed by atoms with van der Waals surface area (Å²) < 4.78 is 5.31. The lowest BCUT2D eigenvalue weighted by molar-refractivity contribution is 0.102. The number of hydrogen-bond acceptors (Lipinski definition) is 3. The van der Waals surface area contributed by atoms with Crippen molar-refractivity contribution >= 4 is 28.5 Å². The van der Waals surface area contributed by atoms with Crippen molar-refractivity contribution < 1.29 is 9.21 Å². The molecular weight excluding hydrogens is 268 g/mol. The van der Waals surface area contributed by atoms with Gasteiger partial charge in [-0.25, -0.2) is 0 Å². The lowest BCUT2D eigenvalue weighted by Gasteiger charge is -2.02. The van der Waals surface area contributed by atoms with Gasteiger partial charge in [-0.2, -0.15) is 0 Å². The fraction of sp³-hybridized carbons (Fsp3) is 0.118. The van der Waals surface area contributed by atoms with Crippen LogP contribution in [0, 0.1) is 0 Å². The van der Waals surface area contributed by atoms with Gasteiger partial charge in [-0.05, 0) is 23.8 Å². The number of fused-ring (bicyclic) bond motifs is 1. The van der Waals surface area contributed by atoms with Gasteiger partial charge in [0.05, 0.1) is 12.0 Å². The molecule has 0 unspecified atom stereocenters. The lowest BCUT2D eigenvalue weighted by atomic mass is 10.2. The van der Waals surface area contributed by atoms with E-state index >= 15 is 0 Å². The van der Waals surface area contributed by atoms with Gasteiger partial charge in [0, 0.05) is 16.7 Å². The fourth-order valence-corrected chi connectivity index (χ4v) is 2.94. The van der Waals surface area contributed by atoms with Gasteiger partial charge in [0.25, 0.3) is 0 Å². The zero-order valence-corrected chi connectivity index (χ0v) is 11.7. The maximum atomic E-state index is 12.0. The first kappa shape index (κ1) is 13.0. The molecule has 0 aliphatic rings. The Hall–Kier alpha value is -2.00. The molecule has 3 heteroatoms. The van der Waals surface area contributed by atoms with E-state index in [0.717, 1.165) is 22.3 Å². The Morgan fingerprint density at radius 1 is 1.05 bits per heavy atom. The monoisotopic (exact) mass is 282 g/mol. The Labute approximate surface area is 121 Å². The maximum Gasteiger partial charge on any atom is 0.172 e. The summed E-state index contributed by atoms with van der Waals surface area (Å²) in [5.74, 6) is 1.52. The molecule has 2 aromatic carbocycles. The summed E-state index contributed by atoms with van der Waals surface area (Å²) in [5, 5.41) is 1.11. The highest BCUT2D eigenvalue weighted by Crippen LogP contribution is 2.20. The molecule has 0 aliphatic heterocycles. The van der Waals surface area contributed by atoms with E-state index in [1.807, 2.05) is 48.5 Å². The van der Waals surface area contributed by atoms with Crippen LogP contribution in [0.15, 0.2) is 65.3 Å². The quantitative estimate of drug-likeness (QED) is 0.643. The minimum Gasteiger partial charge on any atom is -0.464 e. The van der Waals surface area contributed by atoms with Crippen molar-refractivity contribution in [1.29, 1.82) is 0 Å². The van der Waals surface area contributed by atoms with Gasteiger partial charge in [0.2, 0.25) is 0 Å². The number of rotatable bonds is 5. The van der Waals surface area contributed by atoms with Gasteiger partial charge in [-0.15, -0.1) is 11.8 Å². The smallest absolute Gasteiger partial charge is 0.172 e. The normalized spacial score (nSPS) is 10.8. The third-order valence-electron chi connectivity index (χ3n) is 3.11. The van der Waals surface area contributed by atoms with E-state index in [1.165, 1.54) is 5.56 Å². The molecule has 20 heavy (non-hydrogen) atoms. The lowest BCUT2D eigenvalue weighted by Crippen LogP contribution is -2.02. The molecule has 100 valence electrons. The molecule has 0 saturated heterocycles. The second-order valence-electron chi connectivity index (χ2n) is 4.57. The number of thioether (sulfide) groups is 1. The molecule has 0 aliphatic carbocycles. The highest BCUT2D eigenvalue weighted by Gasteiger charge is 2.05. The van der Waals surface area contributed by atoms with Crippen molar-refractivity contribution in [3.05, 3.63) is 72.0 Å². The molecule has 1 aromatic heterocycles. The molecule has 0 atom stereocenters.